The minimum Gasteiger partial charge on any atom is -0.379 e. The van der Waals surface area contributed by atoms with Crippen LogP contribution in [0, 0.1) is 5.82 Å². The van der Waals surface area contributed by atoms with Crippen molar-refractivity contribution < 1.29 is 13.9 Å². The molecule has 0 aromatic heterocycles. The number of ether oxygens (including phenoxy) is 2. The molecule has 4 heteroatoms. The van der Waals surface area contributed by atoms with Gasteiger partial charge in [-0.1, -0.05) is 25.1 Å². The van der Waals surface area contributed by atoms with Crippen LogP contribution in [0.15, 0.2) is 24.3 Å². The first-order valence-electron chi connectivity index (χ1n) is 6.42. The molecular weight excluding hydrogens is 233 g/mol. The fourth-order valence-corrected chi connectivity index (χ4v) is 1.73. The molecule has 0 saturated heterocycles. The maximum absolute atomic E-state index is 13.7. The summed E-state index contributed by atoms with van der Waals surface area (Å²) in [5.74, 6) is -0.197. The maximum atomic E-state index is 13.7. The third-order valence-corrected chi connectivity index (χ3v) is 2.59. The van der Waals surface area contributed by atoms with Gasteiger partial charge in [-0.05, 0) is 19.5 Å². The lowest BCUT2D eigenvalue weighted by Gasteiger charge is -2.19. The molecule has 1 atom stereocenters. The zero-order valence-electron chi connectivity index (χ0n) is 11.1. The molecule has 102 valence electrons. The number of hydrogen-bond donors (Lipinski definition) is 1. The van der Waals surface area contributed by atoms with Gasteiger partial charge in [0.05, 0.1) is 25.9 Å². The number of hydrogen-bond acceptors (Lipinski definition) is 3. The smallest absolute Gasteiger partial charge is 0.128 e. The summed E-state index contributed by atoms with van der Waals surface area (Å²) in [6, 6.07) is 6.67. The lowest BCUT2D eigenvalue weighted by Crippen LogP contribution is -2.26. The van der Waals surface area contributed by atoms with Gasteiger partial charge in [0.15, 0.2) is 0 Å². The van der Waals surface area contributed by atoms with E-state index in [9.17, 15) is 4.39 Å². The summed E-state index contributed by atoms with van der Waals surface area (Å²) in [4.78, 5) is 0. The highest BCUT2D eigenvalue weighted by molar-refractivity contribution is 5.21. The Balaban J connectivity index is 2.47. The first kappa shape index (κ1) is 15.1. The SMILES string of the molecule is CCNC(COCCOCC)c1ccccc1F. The van der Waals surface area contributed by atoms with Crippen LogP contribution >= 0.6 is 0 Å². The number of nitrogens with one attached hydrogen (secondary N) is 1. The van der Waals surface area contributed by atoms with Crippen molar-refractivity contribution >= 4 is 0 Å². The van der Waals surface area contributed by atoms with Crippen LogP contribution in [-0.2, 0) is 9.47 Å². The Hall–Kier alpha value is -0.970. The van der Waals surface area contributed by atoms with Crippen molar-refractivity contribution in [3.05, 3.63) is 35.6 Å². The van der Waals surface area contributed by atoms with Crippen molar-refractivity contribution in [2.24, 2.45) is 0 Å². The monoisotopic (exact) mass is 255 g/mol. The summed E-state index contributed by atoms with van der Waals surface area (Å²) >= 11 is 0. The molecule has 0 fully saturated rings. The summed E-state index contributed by atoms with van der Waals surface area (Å²) in [6.07, 6.45) is 0. The highest BCUT2D eigenvalue weighted by Crippen LogP contribution is 2.16. The van der Waals surface area contributed by atoms with E-state index in [0.29, 0.717) is 32.0 Å². The van der Waals surface area contributed by atoms with Gasteiger partial charge in [0.2, 0.25) is 0 Å². The van der Waals surface area contributed by atoms with Crippen LogP contribution < -0.4 is 5.32 Å². The molecule has 18 heavy (non-hydrogen) atoms. The van der Waals surface area contributed by atoms with Crippen LogP contribution in [0.3, 0.4) is 0 Å². The van der Waals surface area contributed by atoms with Gasteiger partial charge in [-0.15, -0.1) is 0 Å². The van der Waals surface area contributed by atoms with E-state index in [1.165, 1.54) is 6.07 Å². The lowest BCUT2D eigenvalue weighted by atomic mass is 10.1. The van der Waals surface area contributed by atoms with Crippen molar-refractivity contribution in [3.8, 4) is 0 Å². The predicted octanol–water partition coefficient (Wildman–Crippen LogP) is 2.53. The van der Waals surface area contributed by atoms with Crippen LogP contribution in [-0.4, -0.2) is 33.0 Å². The van der Waals surface area contributed by atoms with E-state index in [1.54, 1.807) is 12.1 Å². The van der Waals surface area contributed by atoms with E-state index in [0.717, 1.165) is 6.54 Å². The number of rotatable bonds is 9. The first-order valence-corrected chi connectivity index (χ1v) is 6.42. The fourth-order valence-electron chi connectivity index (χ4n) is 1.73. The fraction of sp³-hybridized carbons (Fsp3) is 0.571. The normalized spacial score (nSPS) is 12.6. The highest BCUT2D eigenvalue weighted by atomic mass is 19.1. The van der Waals surface area contributed by atoms with Crippen molar-refractivity contribution in [1.29, 1.82) is 0 Å². The van der Waals surface area contributed by atoms with Crippen LogP contribution in [0.5, 0.6) is 0 Å². The van der Waals surface area contributed by atoms with Crippen LogP contribution in [0.25, 0.3) is 0 Å². The minimum absolute atomic E-state index is 0.113. The average Bonchev–Trinajstić information content (AvgIpc) is 2.38. The number of likely N-dealkylation sites (N-methyl/N-ethyl adjacent to an activating group) is 1. The summed E-state index contributed by atoms with van der Waals surface area (Å²) in [7, 11) is 0. The Bertz CT molecular complexity index is 333. The van der Waals surface area contributed by atoms with Gasteiger partial charge in [-0.25, -0.2) is 4.39 Å². The van der Waals surface area contributed by atoms with E-state index in [-0.39, 0.29) is 11.9 Å². The van der Waals surface area contributed by atoms with Gasteiger partial charge in [0.25, 0.3) is 0 Å². The Morgan fingerprint density at radius 1 is 1.17 bits per heavy atom. The maximum Gasteiger partial charge on any atom is 0.128 e. The Morgan fingerprint density at radius 2 is 1.89 bits per heavy atom. The van der Waals surface area contributed by atoms with Crippen LogP contribution in [0.1, 0.15) is 25.5 Å². The molecule has 0 aliphatic heterocycles. The molecule has 1 unspecified atom stereocenters. The molecule has 1 N–H and O–H groups in total. The van der Waals surface area contributed by atoms with Crippen molar-refractivity contribution in [2.75, 3.05) is 33.0 Å². The van der Waals surface area contributed by atoms with E-state index < -0.39 is 0 Å². The van der Waals surface area contributed by atoms with E-state index >= 15 is 0 Å². The molecule has 0 saturated carbocycles. The number of benzene rings is 1. The van der Waals surface area contributed by atoms with Gasteiger partial charge < -0.3 is 14.8 Å². The molecule has 0 radical (unpaired) electrons. The van der Waals surface area contributed by atoms with Gasteiger partial charge in [-0.2, -0.15) is 0 Å². The molecule has 0 aliphatic carbocycles. The molecule has 0 aliphatic rings. The van der Waals surface area contributed by atoms with Crippen LogP contribution in [0.2, 0.25) is 0 Å². The van der Waals surface area contributed by atoms with Crippen LogP contribution in [0.4, 0.5) is 4.39 Å². The molecule has 1 rings (SSSR count). The van der Waals surface area contributed by atoms with Gasteiger partial charge in [0, 0.05) is 12.2 Å². The van der Waals surface area contributed by atoms with E-state index in [2.05, 4.69) is 5.32 Å². The topological polar surface area (TPSA) is 30.5 Å². The van der Waals surface area contributed by atoms with Gasteiger partial charge in [-0.3, -0.25) is 0 Å². The van der Waals surface area contributed by atoms with Gasteiger partial charge in [0.1, 0.15) is 5.82 Å². The van der Waals surface area contributed by atoms with Gasteiger partial charge >= 0.3 is 0 Å². The standard InChI is InChI=1S/C14H22FNO2/c1-3-16-14(11-18-10-9-17-4-2)12-7-5-6-8-13(12)15/h5-8,14,16H,3-4,9-11H2,1-2H3. The summed E-state index contributed by atoms with van der Waals surface area (Å²) < 4.78 is 24.4. The second kappa shape index (κ2) is 9.03. The molecule has 0 spiro atoms. The van der Waals surface area contributed by atoms with E-state index in [4.69, 9.17) is 9.47 Å². The summed E-state index contributed by atoms with van der Waals surface area (Å²) in [6.45, 7) is 6.95. The molecule has 1 aromatic rings. The Labute approximate surface area is 108 Å². The zero-order chi connectivity index (χ0) is 13.2. The Morgan fingerprint density at radius 3 is 2.56 bits per heavy atom. The largest absolute Gasteiger partial charge is 0.379 e. The quantitative estimate of drug-likeness (QED) is 0.688. The molecule has 1 aromatic carbocycles. The molecule has 3 nitrogen and oxygen atoms in total. The second-order valence-electron chi connectivity index (χ2n) is 3.90. The molecule has 0 heterocycles. The average molecular weight is 255 g/mol. The second-order valence-corrected chi connectivity index (χ2v) is 3.90. The third-order valence-electron chi connectivity index (χ3n) is 2.59. The molecule has 0 bridgehead atoms. The van der Waals surface area contributed by atoms with Crippen molar-refractivity contribution in [1.82, 2.24) is 5.32 Å². The van der Waals surface area contributed by atoms with E-state index in [1.807, 2.05) is 19.9 Å². The number of halogens is 1. The Kier molecular flexibility index (Phi) is 7.57. The van der Waals surface area contributed by atoms with Crippen molar-refractivity contribution in [3.63, 3.8) is 0 Å². The third kappa shape index (κ3) is 5.12. The molecular formula is C14H22FNO2. The summed E-state index contributed by atoms with van der Waals surface area (Å²) in [5, 5.41) is 3.22. The summed E-state index contributed by atoms with van der Waals surface area (Å²) in [5.41, 5.74) is 0.649. The van der Waals surface area contributed by atoms with Crippen molar-refractivity contribution in [2.45, 2.75) is 19.9 Å². The predicted molar refractivity (Wildman–Crippen MR) is 70.1 cm³/mol. The lowest BCUT2D eigenvalue weighted by molar-refractivity contribution is 0.0431. The highest BCUT2D eigenvalue weighted by Gasteiger charge is 2.14. The molecule has 0 amide bonds. The zero-order valence-corrected chi connectivity index (χ0v) is 11.1. The minimum atomic E-state index is -0.197. The first-order chi connectivity index (χ1) is 8.79.